The second-order valence-corrected chi connectivity index (χ2v) is 7.66. The van der Waals surface area contributed by atoms with Crippen molar-refractivity contribution in [3.8, 4) is 5.75 Å². The molecule has 2 aromatic rings. The number of anilines is 1. The van der Waals surface area contributed by atoms with Crippen LogP contribution >= 0.6 is 27.5 Å². The summed E-state index contributed by atoms with van der Waals surface area (Å²) < 4.78 is 45.5. The lowest BCUT2D eigenvalue weighted by atomic mass is 10.3. The fraction of sp³-hybridized carbons (Fsp3) is 0.143. The fourth-order valence-corrected chi connectivity index (χ4v) is 3.72. The molecule has 0 aliphatic carbocycles. The van der Waals surface area contributed by atoms with E-state index < -0.39 is 15.8 Å². The van der Waals surface area contributed by atoms with Crippen molar-refractivity contribution in [3.63, 3.8) is 0 Å². The first-order valence-electron chi connectivity index (χ1n) is 6.05. The van der Waals surface area contributed by atoms with Crippen molar-refractivity contribution < 1.29 is 17.5 Å². The molecule has 0 saturated carbocycles. The molecule has 0 aliphatic heterocycles. The molecule has 0 bridgehead atoms. The third kappa shape index (κ3) is 3.21. The van der Waals surface area contributed by atoms with Crippen LogP contribution in [0.4, 0.5) is 10.1 Å². The van der Waals surface area contributed by atoms with E-state index in [4.69, 9.17) is 16.3 Å². The van der Waals surface area contributed by atoms with Gasteiger partial charge < -0.3 is 4.74 Å². The first kappa shape index (κ1) is 17.1. The Morgan fingerprint density at radius 2 is 1.91 bits per heavy atom. The van der Waals surface area contributed by atoms with Gasteiger partial charge in [0.2, 0.25) is 0 Å². The minimum Gasteiger partial charge on any atom is -0.495 e. The van der Waals surface area contributed by atoms with Crippen molar-refractivity contribution in [1.29, 1.82) is 0 Å². The van der Waals surface area contributed by atoms with Gasteiger partial charge in [-0.25, -0.2) is 12.8 Å². The minimum atomic E-state index is -3.94. The topological polar surface area (TPSA) is 46.6 Å². The van der Waals surface area contributed by atoms with Gasteiger partial charge >= 0.3 is 0 Å². The predicted octanol–water partition coefficient (Wildman–Crippen LogP) is 4.08. The van der Waals surface area contributed by atoms with Crippen LogP contribution in [-0.2, 0) is 10.0 Å². The quantitative estimate of drug-likeness (QED) is 0.766. The molecular weight excluding hydrogens is 397 g/mol. The van der Waals surface area contributed by atoms with E-state index in [0.29, 0.717) is 10.2 Å². The van der Waals surface area contributed by atoms with Gasteiger partial charge in [-0.3, -0.25) is 4.31 Å². The molecule has 118 valence electrons. The van der Waals surface area contributed by atoms with E-state index in [2.05, 4.69) is 15.9 Å². The molecule has 8 heteroatoms. The van der Waals surface area contributed by atoms with Crippen LogP contribution in [0.1, 0.15) is 0 Å². The normalized spacial score (nSPS) is 11.3. The fourth-order valence-electron chi connectivity index (χ4n) is 1.83. The summed E-state index contributed by atoms with van der Waals surface area (Å²) in [6, 6.07) is 8.20. The van der Waals surface area contributed by atoms with Crippen LogP contribution in [0.25, 0.3) is 0 Å². The average Bonchev–Trinajstić information content (AvgIpc) is 2.46. The molecule has 4 nitrogen and oxygen atoms in total. The van der Waals surface area contributed by atoms with Crippen molar-refractivity contribution in [3.05, 3.63) is 51.7 Å². The zero-order valence-electron chi connectivity index (χ0n) is 11.7. The molecule has 0 spiro atoms. The number of rotatable bonds is 4. The summed E-state index contributed by atoms with van der Waals surface area (Å²) in [5.74, 6) is -0.293. The third-order valence-corrected chi connectivity index (χ3v) is 5.59. The molecule has 22 heavy (non-hydrogen) atoms. The summed E-state index contributed by atoms with van der Waals surface area (Å²) in [6.07, 6.45) is 0. The Morgan fingerprint density at radius 3 is 2.45 bits per heavy atom. The number of benzene rings is 2. The van der Waals surface area contributed by atoms with Crippen LogP contribution < -0.4 is 9.04 Å². The number of hydrogen-bond donors (Lipinski definition) is 0. The minimum absolute atomic E-state index is 0.0527. The smallest absolute Gasteiger partial charge is 0.264 e. The zero-order valence-corrected chi connectivity index (χ0v) is 14.8. The first-order chi connectivity index (χ1) is 10.3. The van der Waals surface area contributed by atoms with Gasteiger partial charge in [0.05, 0.1) is 22.7 Å². The largest absolute Gasteiger partial charge is 0.495 e. The maximum atomic E-state index is 14.0. The lowest BCUT2D eigenvalue weighted by Crippen LogP contribution is -2.27. The summed E-state index contributed by atoms with van der Waals surface area (Å²) in [6.45, 7) is 0. The highest BCUT2D eigenvalue weighted by Crippen LogP contribution is 2.31. The first-order valence-corrected chi connectivity index (χ1v) is 8.66. The van der Waals surface area contributed by atoms with Crippen LogP contribution in [0.2, 0.25) is 5.02 Å². The zero-order chi connectivity index (χ0) is 16.5. The molecule has 0 atom stereocenters. The molecule has 2 aromatic carbocycles. The lowest BCUT2D eigenvalue weighted by Gasteiger charge is -2.20. The summed E-state index contributed by atoms with van der Waals surface area (Å²) in [7, 11) is -1.23. The number of hydrogen-bond acceptors (Lipinski definition) is 3. The van der Waals surface area contributed by atoms with E-state index >= 15 is 0 Å². The summed E-state index contributed by atoms with van der Waals surface area (Å²) in [4.78, 5) is -0.0527. The molecule has 2 rings (SSSR count). The Morgan fingerprint density at radius 1 is 1.23 bits per heavy atom. The van der Waals surface area contributed by atoms with E-state index in [1.165, 1.54) is 44.5 Å². The number of sulfonamides is 1. The molecule has 0 aromatic heterocycles. The molecule has 0 aliphatic rings. The number of halogens is 3. The van der Waals surface area contributed by atoms with E-state index in [-0.39, 0.29) is 15.6 Å². The number of methoxy groups -OCH3 is 1. The second-order valence-electron chi connectivity index (χ2n) is 4.36. The maximum Gasteiger partial charge on any atom is 0.264 e. The average molecular weight is 409 g/mol. The van der Waals surface area contributed by atoms with Gasteiger partial charge in [0.15, 0.2) is 0 Å². The molecule has 0 radical (unpaired) electrons. The van der Waals surface area contributed by atoms with Crippen molar-refractivity contribution in [1.82, 2.24) is 0 Å². The maximum absolute atomic E-state index is 14.0. The van der Waals surface area contributed by atoms with Gasteiger partial charge in [0.1, 0.15) is 11.6 Å². The van der Waals surface area contributed by atoms with Gasteiger partial charge in [0, 0.05) is 11.5 Å². The second kappa shape index (κ2) is 6.44. The molecule has 0 fully saturated rings. The lowest BCUT2D eigenvalue weighted by molar-refractivity contribution is 0.414. The van der Waals surface area contributed by atoms with Gasteiger partial charge in [-0.05, 0) is 36.4 Å². The van der Waals surface area contributed by atoms with Crippen LogP contribution in [0.3, 0.4) is 0 Å². The molecule has 0 heterocycles. The Balaban J connectivity index is 2.47. The highest BCUT2D eigenvalue weighted by Gasteiger charge is 2.24. The third-order valence-electron chi connectivity index (χ3n) is 3.03. The highest BCUT2D eigenvalue weighted by atomic mass is 79.9. The van der Waals surface area contributed by atoms with E-state index in [1.54, 1.807) is 6.07 Å². The van der Waals surface area contributed by atoms with Crippen LogP contribution in [0.15, 0.2) is 45.8 Å². The Bertz CT molecular complexity index is 814. The van der Waals surface area contributed by atoms with Crippen molar-refractivity contribution in [2.45, 2.75) is 4.90 Å². The monoisotopic (exact) mass is 407 g/mol. The molecule has 0 unspecified atom stereocenters. The molecular formula is C14H12BrClFNO3S. The van der Waals surface area contributed by atoms with Crippen LogP contribution in [-0.4, -0.2) is 22.6 Å². The SMILES string of the molecule is COc1ccc(S(=O)(=O)N(C)c2ccc(Br)cc2F)cc1Cl. The van der Waals surface area contributed by atoms with E-state index in [1.807, 2.05) is 0 Å². The van der Waals surface area contributed by atoms with Gasteiger partial charge in [-0.2, -0.15) is 0 Å². The van der Waals surface area contributed by atoms with Gasteiger partial charge in [-0.15, -0.1) is 0 Å². The Hall–Kier alpha value is -1.31. The van der Waals surface area contributed by atoms with Crippen LogP contribution in [0, 0.1) is 5.82 Å². The summed E-state index contributed by atoms with van der Waals surface area (Å²) in [5, 5.41) is 0.160. The summed E-state index contributed by atoms with van der Waals surface area (Å²) in [5.41, 5.74) is -0.0601. The molecule has 0 N–H and O–H groups in total. The van der Waals surface area contributed by atoms with Crippen molar-refractivity contribution in [2.75, 3.05) is 18.5 Å². The molecule has 0 saturated heterocycles. The number of ether oxygens (including phenoxy) is 1. The standard InChI is InChI=1S/C14H12BrClFNO3S/c1-18(13-5-3-9(15)7-12(13)17)22(19,20)10-4-6-14(21-2)11(16)8-10/h3-8H,1-2H3. The number of nitrogens with zero attached hydrogens (tertiary/aromatic N) is 1. The van der Waals surface area contributed by atoms with Gasteiger partial charge in [0.25, 0.3) is 10.0 Å². The van der Waals surface area contributed by atoms with E-state index in [0.717, 1.165) is 4.31 Å². The van der Waals surface area contributed by atoms with E-state index in [9.17, 15) is 12.8 Å². The van der Waals surface area contributed by atoms with Crippen molar-refractivity contribution in [2.24, 2.45) is 0 Å². The Labute approximate surface area is 141 Å². The predicted molar refractivity (Wildman–Crippen MR) is 87.7 cm³/mol. The van der Waals surface area contributed by atoms with Gasteiger partial charge in [-0.1, -0.05) is 27.5 Å². The summed E-state index contributed by atoms with van der Waals surface area (Å²) >= 11 is 9.08. The molecule has 0 amide bonds. The Kier molecular flexibility index (Phi) is 4.99. The van der Waals surface area contributed by atoms with Crippen molar-refractivity contribution >= 4 is 43.2 Å². The van der Waals surface area contributed by atoms with Crippen LogP contribution in [0.5, 0.6) is 5.75 Å². The highest BCUT2D eigenvalue weighted by molar-refractivity contribution is 9.10.